The summed E-state index contributed by atoms with van der Waals surface area (Å²) in [6.45, 7) is 6.33. The number of aryl methyl sites for hydroxylation is 1. The van der Waals surface area contributed by atoms with Gasteiger partial charge < -0.3 is 25.5 Å². The fraction of sp³-hybridized carbons (Fsp3) is 0.619. The zero-order chi connectivity index (χ0) is 21.4. The molecule has 1 amide bonds. The van der Waals surface area contributed by atoms with Crippen LogP contribution in [0.4, 0.5) is 4.79 Å². The van der Waals surface area contributed by atoms with Crippen molar-refractivity contribution in [2.24, 2.45) is 17.5 Å². The molecule has 1 fully saturated rings. The highest BCUT2D eigenvalue weighted by Gasteiger charge is 2.18. The number of nitrogens with one attached hydrogen (secondary N) is 1. The highest BCUT2D eigenvalue weighted by molar-refractivity contribution is 5.69. The number of nitrogens with two attached hydrogens (primary N) is 2. The fourth-order valence-corrected chi connectivity index (χ4v) is 3.19. The van der Waals surface area contributed by atoms with E-state index in [9.17, 15) is 4.79 Å². The minimum Gasteiger partial charge on any atom is -0.489 e. The number of nitrogens with zero attached hydrogens (tertiary/aromatic N) is 2. The van der Waals surface area contributed by atoms with Crippen molar-refractivity contribution in [1.82, 2.24) is 15.3 Å². The monoisotopic (exact) mass is 405 g/mol. The Bertz CT molecular complexity index is 712. The zero-order valence-corrected chi connectivity index (χ0v) is 18.0. The number of pyridine rings is 1. The Balaban J connectivity index is 2.08. The molecule has 2 rings (SSSR count). The van der Waals surface area contributed by atoms with Crippen molar-refractivity contribution < 1.29 is 14.3 Å². The third-order valence-electron chi connectivity index (χ3n) is 4.84. The molecule has 0 spiro atoms. The van der Waals surface area contributed by atoms with E-state index in [4.69, 9.17) is 21.1 Å². The first-order valence-corrected chi connectivity index (χ1v) is 10.3. The standard InChI is InChI=1S/C21H35N5O3/c1-14(2)13-28-21(27)24-12-18(26(4)23)20(22)17-10-11-19(15(3)25-17)29-16-8-6-5-7-9-16/h10-11,14,16H,5-9,12-13,22-23H2,1-4H3,(H,24,27)/b20-18-. The van der Waals surface area contributed by atoms with Gasteiger partial charge in [-0.25, -0.2) is 15.6 Å². The Hall–Kier alpha value is -2.48. The largest absolute Gasteiger partial charge is 0.489 e. The molecule has 1 heterocycles. The van der Waals surface area contributed by atoms with Crippen LogP contribution < -0.4 is 21.6 Å². The van der Waals surface area contributed by atoms with Crippen molar-refractivity contribution in [3.05, 3.63) is 29.2 Å². The minimum atomic E-state index is -0.508. The topological polar surface area (TPSA) is 116 Å². The van der Waals surface area contributed by atoms with Crippen LogP contribution in [0.2, 0.25) is 0 Å². The molecule has 1 aromatic rings. The van der Waals surface area contributed by atoms with E-state index in [1.807, 2.05) is 32.9 Å². The van der Waals surface area contributed by atoms with Gasteiger partial charge in [0.1, 0.15) is 5.75 Å². The van der Waals surface area contributed by atoms with Gasteiger partial charge in [-0.15, -0.1) is 0 Å². The van der Waals surface area contributed by atoms with Gasteiger partial charge >= 0.3 is 6.09 Å². The van der Waals surface area contributed by atoms with Crippen molar-refractivity contribution in [2.75, 3.05) is 20.2 Å². The van der Waals surface area contributed by atoms with Gasteiger partial charge in [0.15, 0.2) is 0 Å². The molecule has 0 aliphatic heterocycles. The van der Waals surface area contributed by atoms with Gasteiger partial charge in [-0.3, -0.25) is 0 Å². The molecule has 5 N–H and O–H groups in total. The smallest absolute Gasteiger partial charge is 0.407 e. The molecule has 8 heteroatoms. The van der Waals surface area contributed by atoms with Gasteiger partial charge in [0.2, 0.25) is 0 Å². The number of hydrazine groups is 1. The highest BCUT2D eigenvalue weighted by Crippen LogP contribution is 2.26. The Morgan fingerprint density at radius 3 is 2.59 bits per heavy atom. The first kappa shape index (κ1) is 22.8. The van der Waals surface area contributed by atoms with Gasteiger partial charge in [0.05, 0.1) is 42.0 Å². The summed E-state index contributed by atoms with van der Waals surface area (Å²) >= 11 is 0. The summed E-state index contributed by atoms with van der Waals surface area (Å²) in [5.41, 5.74) is 8.61. The van der Waals surface area contributed by atoms with Crippen LogP contribution in [0.15, 0.2) is 17.8 Å². The molecule has 1 saturated carbocycles. The van der Waals surface area contributed by atoms with Gasteiger partial charge in [-0.05, 0) is 50.7 Å². The summed E-state index contributed by atoms with van der Waals surface area (Å²) < 4.78 is 11.2. The average Bonchev–Trinajstić information content (AvgIpc) is 2.68. The number of amides is 1. The molecule has 1 aliphatic carbocycles. The summed E-state index contributed by atoms with van der Waals surface area (Å²) in [4.78, 5) is 16.4. The zero-order valence-electron chi connectivity index (χ0n) is 18.0. The molecule has 0 unspecified atom stereocenters. The number of hydrogen-bond acceptors (Lipinski definition) is 7. The minimum absolute atomic E-state index is 0.136. The fourth-order valence-electron chi connectivity index (χ4n) is 3.19. The summed E-state index contributed by atoms with van der Waals surface area (Å²) in [5.74, 6) is 6.97. The molecule has 29 heavy (non-hydrogen) atoms. The Morgan fingerprint density at radius 2 is 2.00 bits per heavy atom. The van der Waals surface area contributed by atoms with Crippen LogP contribution in [0.3, 0.4) is 0 Å². The molecule has 162 valence electrons. The molecule has 0 saturated heterocycles. The lowest BCUT2D eigenvalue weighted by molar-refractivity contribution is 0.133. The summed E-state index contributed by atoms with van der Waals surface area (Å²) in [6, 6.07) is 3.72. The lowest BCUT2D eigenvalue weighted by Gasteiger charge is -2.24. The Morgan fingerprint density at radius 1 is 1.31 bits per heavy atom. The lowest BCUT2D eigenvalue weighted by Crippen LogP contribution is -2.37. The number of hydrogen-bond donors (Lipinski definition) is 3. The second-order valence-electron chi connectivity index (χ2n) is 7.98. The number of carbonyl (C=O) groups excluding carboxylic acids is 1. The van der Waals surface area contributed by atoms with Crippen molar-refractivity contribution in [3.63, 3.8) is 0 Å². The molecule has 1 aliphatic rings. The first-order valence-electron chi connectivity index (χ1n) is 10.3. The molecule has 1 aromatic heterocycles. The second kappa shape index (κ2) is 10.9. The van der Waals surface area contributed by atoms with Crippen LogP contribution in [0.25, 0.3) is 5.70 Å². The van der Waals surface area contributed by atoms with Crippen LogP contribution >= 0.6 is 0 Å². The second-order valence-corrected chi connectivity index (χ2v) is 7.98. The number of alkyl carbamates (subject to hydrolysis) is 1. The van der Waals surface area contributed by atoms with Crippen LogP contribution in [0.1, 0.15) is 57.3 Å². The molecular formula is C21H35N5O3. The molecule has 0 bridgehead atoms. The predicted molar refractivity (Wildman–Crippen MR) is 114 cm³/mol. The van der Waals surface area contributed by atoms with Crippen LogP contribution in [0.5, 0.6) is 5.75 Å². The van der Waals surface area contributed by atoms with Crippen molar-refractivity contribution in [3.8, 4) is 5.75 Å². The van der Waals surface area contributed by atoms with Gasteiger partial charge in [0.25, 0.3) is 0 Å². The van der Waals surface area contributed by atoms with Gasteiger partial charge in [-0.2, -0.15) is 0 Å². The van der Waals surface area contributed by atoms with E-state index in [1.165, 1.54) is 24.3 Å². The first-order chi connectivity index (χ1) is 13.8. The Labute approximate surface area is 173 Å². The van der Waals surface area contributed by atoms with Crippen molar-refractivity contribution in [2.45, 2.75) is 59.0 Å². The van der Waals surface area contributed by atoms with Crippen LogP contribution in [-0.4, -0.2) is 42.4 Å². The number of carbonyl (C=O) groups is 1. The maximum absolute atomic E-state index is 11.8. The normalized spacial score (nSPS) is 15.7. The SMILES string of the molecule is Cc1nc(/C(N)=C(\CNC(=O)OCC(C)C)N(C)N)ccc1OC1CCCCC1. The number of ether oxygens (including phenoxy) is 2. The van der Waals surface area contributed by atoms with Crippen LogP contribution in [-0.2, 0) is 4.74 Å². The average molecular weight is 406 g/mol. The van der Waals surface area contributed by atoms with Crippen molar-refractivity contribution >= 4 is 11.8 Å². The predicted octanol–water partition coefficient (Wildman–Crippen LogP) is 2.92. The van der Waals surface area contributed by atoms with E-state index >= 15 is 0 Å². The molecule has 0 aromatic carbocycles. The summed E-state index contributed by atoms with van der Waals surface area (Å²) in [7, 11) is 1.66. The van der Waals surface area contributed by atoms with E-state index < -0.39 is 6.09 Å². The van der Waals surface area contributed by atoms with E-state index in [0.29, 0.717) is 23.7 Å². The quantitative estimate of drug-likeness (QED) is 0.450. The third kappa shape index (κ3) is 7.12. The lowest BCUT2D eigenvalue weighted by atomic mass is 9.98. The third-order valence-corrected chi connectivity index (χ3v) is 4.84. The highest BCUT2D eigenvalue weighted by atomic mass is 16.5. The van der Waals surface area contributed by atoms with E-state index in [0.717, 1.165) is 24.3 Å². The Kier molecular flexibility index (Phi) is 8.57. The number of likely N-dealkylation sites (N-methyl/N-ethyl adjacent to an activating group) is 1. The molecule has 0 radical (unpaired) electrons. The molecular weight excluding hydrogens is 370 g/mol. The van der Waals surface area contributed by atoms with Gasteiger partial charge in [-0.1, -0.05) is 20.3 Å². The van der Waals surface area contributed by atoms with E-state index in [1.54, 1.807) is 7.05 Å². The van der Waals surface area contributed by atoms with Gasteiger partial charge in [0, 0.05) is 7.05 Å². The molecule has 0 atom stereocenters. The van der Waals surface area contributed by atoms with E-state index in [-0.39, 0.29) is 18.6 Å². The maximum atomic E-state index is 11.8. The number of aromatic nitrogens is 1. The summed E-state index contributed by atoms with van der Waals surface area (Å²) in [6.07, 6.45) is 5.63. The summed E-state index contributed by atoms with van der Waals surface area (Å²) in [5, 5.41) is 4.05. The van der Waals surface area contributed by atoms with Crippen LogP contribution in [0, 0.1) is 12.8 Å². The maximum Gasteiger partial charge on any atom is 0.407 e. The molecule has 8 nitrogen and oxygen atoms in total. The van der Waals surface area contributed by atoms with E-state index in [2.05, 4.69) is 10.3 Å². The van der Waals surface area contributed by atoms with Crippen molar-refractivity contribution in [1.29, 1.82) is 0 Å². The number of rotatable bonds is 8.